The van der Waals surface area contributed by atoms with Crippen molar-refractivity contribution >= 4 is 0 Å². The number of hydrogen-bond donors (Lipinski definition) is 2. The van der Waals surface area contributed by atoms with Gasteiger partial charge < -0.3 is 10.1 Å². The van der Waals surface area contributed by atoms with Crippen LogP contribution in [0.1, 0.15) is 17.7 Å². The van der Waals surface area contributed by atoms with E-state index in [0.717, 1.165) is 24.2 Å². The predicted molar refractivity (Wildman–Crippen MR) is 82.1 cm³/mol. The second-order valence-corrected chi connectivity index (χ2v) is 5.02. The Balaban J connectivity index is 1.62. The Morgan fingerprint density at radius 1 is 1.14 bits per heavy atom. The molecule has 0 amide bonds. The van der Waals surface area contributed by atoms with E-state index in [9.17, 15) is 9.90 Å². The molecule has 0 aliphatic carbocycles. The monoisotopic (exact) mass is 296 g/mol. The second-order valence-electron chi connectivity index (χ2n) is 5.02. The summed E-state index contributed by atoms with van der Waals surface area (Å²) in [6.07, 6.45) is 5.58. The number of aryl methyl sites for hydroxylation is 2. The number of nitrogens with zero attached hydrogens (tertiary/aromatic N) is 3. The van der Waals surface area contributed by atoms with Crippen LogP contribution in [-0.2, 0) is 12.8 Å². The summed E-state index contributed by atoms with van der Waals surface area (Å²) in [5.74, 6) is -0.199. The third kappa shape index (κ3) is 3.06. The molecule has 3 rings (SSSR count). The zero-order chi connectivity index (χ0) is 15.4. The number of H-pyrrole nitrogens is 1. The smallest absolute Gasteiger partial charge is 0.290 e. The minimum absolute atomic E-state index is 0.199. The van der Waals surface area contributed by atoms with Crippen molar-refractivity contribution in [2.24, 2.45) is 0 Å². The minimum Gasteiger partial charge on any atom is -0.503 e. The summed E-state index contributed by atoms with van der Waals surface area (Å²) in [4.78, 5) is 13.7. The fourth-order valence-electron chi connectivity index (χ4n) is 2.29. The number of aromatic hydroxyl groups is 1. The van der Waals surface area contributed by atoms with E-state index in [1.165, 1.54) is 0 Å². The molecule has 2 aromatic heterocycles. The molecule has 2 heterocycles. The quantitative estimate of drug-likeness (QED) is 0.752. The first kappa shape index (κ1) is 14.1. The molecule has 0 spiro atoms. The molecular formula is C16H16N4O2. The van der Waals surface area contributed by atoms with Gasteiger partial charge in [-0.05, 0) is 37.5 Å². The number of aromatic nitrogens is 4. The third-order valence-corrected chi connectivity index (χ3v) is 3.46. The molecule has 0 unspecified atom stereocenters. The first-order chi connectivity index (χ1) is 10.7. The van der Waals surface area contributed by atoms with E-state index < -0.39 is 5.56 Å². The molecule has 0 saturated carbocycles. The molecule has 2 N–H and O–H groups in total. The average Bonchev–Trinajstić information content (AvgIpc) is 3.01. The van der Waals surface area contributed by atoms with Crippen molar-refractivity contribution in [2.45, 2.75) is 19.3 Å². The lowest BCUT2D eigenvalue weighted by molar-refractivity contribution is 0.458. The van der Waals surface area contributed by atoms with Crippen LogP contribution in [-0.4, -0.2) is 25.1 Å². The van der Waals surface area contributed by atoms with Crippen LogP contribution in [0.5, 0.6) is 5.75 Å². The van der Waals surface area contributed by atoms with Crippen molar-refractivity contribution in [3.05, 3.63) is 70.4 Å². The van der Waals surface area contributed by atoms with Gasteiger partial charge in [-0.25, -0.2) is 4.68 Å². The van der Waals surface area contributed by atoms with E-state index in [1.807, 2.05) is 36.5 Å². The van der Waals surface area contributed by atoms with Crippen LogP contribution in [0.25, 0.3) is 5.69 Å². The summed E-state index contributed by atoms with van der Waals surface area (Å²) >= 11 is 0. The van der Waals surface area contributed by atoms with Crippen LogP contribution in [0.4, 0.5) is 0 Å². The summed E-state index contributed by atoms with van der Waals surface area (Å²) in [7, 11) is 0. The summed E-state index contributed by atoms with van der Waals surface area (Å²) in [6.45, 7) is 0. The fourth-order valence-corrected chi connectivity index (χ4v) is 2.29. The summed E-state index contributed by atoms with van der Waals surface area (Å²) in [6, 6.07) is 11.5. The Morgan fingerprint density at radius 3 is 2.77 bits per heavy atom. The van der Waals surface area contributed by atoms with Crippen molar-refractivity contribution in [1.82, 2.24) is 20.0 Å². The summed E-state index contributed by atoms with van der Waals surface area (Å²) in [5, 5.41) is 17.9. The Morgan fingerprint density at radius 2 is 1.95 bits per heavy atom. The van der Waals surface area contributed by atoms with Gasteiger partial charge in [0.15, 0.2) is 5.75 Å². The first-order valence-electron chi connectivity index (χ1n) is 7.10. The lowest BCUT2D eigenvalue weighted by atomic mass is 10.1. The van der Waals surface area contributed by atoms with Gasteiger partial charge in [-0.15, -0.1) is 5.10 Å². The van der Waals surface area contributed by atoms with Crippen LogP contribution in [0.2, 0.25) is 0 Å². The summed E-state index contributed by atoms with van der Waals surface area (Å²) < 4.78 is 1.74. The predicted octanol–water partition coefficient (Wildman–Crippen LogP) is 1.84. The summed E-state index contributed by atoms with van der Waals surface area (Å²) in [5.41, 5.74) is 2.05. The largest absolute Gasteiger partial charge is 0.503 e. The Bertz CT molecular complexity index is 808. The van der Waals surface area contributed by atoms with Crippen molar-refractivity contribution in [1.29, 1.82) is 0 Å². The number of hydrogen-bond acceptors (Lipinski definition) is 4. The van der Waals surface area contributed by atoms with Gasteiger partial charge in [0, 0.05) is 11.8 Å². The highest BCUT2D eigenvalue weighted by Crippen LogP contribution is 2.13. The van der Waals surface area contributed by atoms with Crippen LogP contribution < -0.4 is 5.56 Å². The van der Waals surface area contributed by atoms with Gasteiger partial charge in [0.2, 0.25) is 0 Å². The van der Waals surface area contributed by atoms with Gasteiger partial charge in [-0.1, -0.05) is 23.4 Å². The lowest BCUT2D eigenvalue weighted by Crippen LogP contribution is -2.06. The molecule has 0 aliphatic heterocycles. The van der Waals surface area contributed by atoms with E-state index in [2.05, 4.69) is 15.3 Å². The Labute approximate surface area is 127 Å². The highest BCUT2D eigenvalue weighted by Gasteiger charge is 2.06. The van der Waals surface area contributed by atoms with E-state index in [1.54, 1.807) is 16.9 Å². The van der Waals surface area contributed by atoms with Crippen LogP contribution >= 0.6 is 0 Å². The van der Waals surface area contributed by atoms with Crippen molar-refractivity contribution in [3.63, 3.8) is 0 Å². The molecule has 0 aliphatic rings. The zero-order valence-corrected chi connectivity index (χ0v) is 11.9. The van der Waals surface area contributed by atoms with Gasteiger partial charge in [0.1, 0.15) is 0 Å². The number of nitrogens with one attached hydrogen (secondary N) is 1. The molecule has 6 heteroatoms. The maximum Gasteiger partial charge on any atom is 0.290 e. The first-order valence-corrected chi connectivity index (χ1v) is 7.10. The molecule has 0 radical (unpaired) electrons. The van der Waals surface area contributed by atoms with Crippen molar-refractivity contribution < 1.29 is 5.11 Å². The van der Waals surface area contributed by atoms with Crippen molar-refractivity contribution in [2.75, 3.05) is 0 Å². The average molecular weight is 296 g/mol. The molecule has 0 fully saturated rings. The topological polar surface area (TPSA) is 83.8 Å². The van der Waals surface area contributed by atoms with E-state index in [4.69, 9.17) is 0 Å². The molecule has 22 heavy (non-hydrogen) atoms. The molecule has 6 nitrogen and oxygen atoms in total. The number of pyridine rings is 1. The lowest BCUT2D eigenvalue weighted by Gasteiger charge is -2.02. The number of para-hydroxylation sites is 1. The van der Waals surface area contributed by atoms with E-state index in [-0.39, 0.29) is 5.75 Å². The van der Waals surface area contributed by atoms with Crippen LogP contribution in [0, 0.1) is 0 Å². The zero-order valence-electron chi connectivity index (χ0n) is 11.9. The maximum atomic E-state index is 11.3. The second kappa shape index (κ2) is 6.26. The molecule has 0 bridgehead atoms. The molecule has 112 valence electrons. The molecule has 0 saturated heterocycles. The minimum atomic E-state index is -0.451. The maximum absolute atomic E-state index is 11.3. The van der Waals surface area contributed by atoms with Crippen molar-refractivity contribution in [3.8, 4) is 11.4 Å². The van der Waals surface area contributed by atoms with E-state index in [0.29, 0.717) is 12.0 Å². The highest BCUT2D eigenvalue weighted by molar-refractivity contribution is 5.30. The normalized spacial score (nSPS) is 10.7. The third-order valence-electron chi connectivity index (χ3n) is 3.46. The highest BCUT2D eigenvalue weighted by atomic mass is 16.3. The molecule has 0 atom stereocenters. The molecule has 1 aromatic carbocycles. The van der Waals surface area contributed by atoms with Gasteiger partial charge in [-0.3, -0.25) is 4.79 Å². The number of rotatable bonds is 5. The Kier molecular flexibility index (Phi) is 4.00. The standard InChI is InChI=1S/C16H16N4O2/c21-15-12(9-10-17-16(15)22)5-4-6-13-11-20(19-18-13)14-7-2-1-3-8-14/h1-3,7-11,21H,4-6H2,(H,17,22). The van der Waals surface area contributed by atoms with Gasteiger partial charge in [0.25, 0.3) is 5.56 Å². The van der Waals surface area contributed by atoms with Crippen LogP contribution in [0.15, 0.2) is 53.6 Å². The molecule has 3 aromatic rings. The van der Waals surface area contributed by atoms with Crippen LogP contribution in [0.3, 0.4) is 0 Å². The van der Waals surface area contributed by atoms with E-state index >= 15 is 0 Å². The fraction of sp³-hybridized carbons (Fsp3) is 0.188. The van der Waals surface area contributed by atoms with Gasteiger partial charge in [-0.2, -0.15) is 0 Å². The van der Waals surface area contributed by atoms with Gasteiger partial charge >= 0.3 is 0 Å². The SMILES string of the molecule is O=c1[nH]ccc(CCCc2cn(-c3ccccc3)nn2)c1O. The number of benzene rings is 1. The van der Waals surface area contributed by atoms with Gasteiger partial charge in [0.05, 0.1) is 17.6 Å². The molecular weight excluding hydrogens is 280 g/mol. The Hall–Kier alpha value is -2.89. The number of aromatic amines is 1.